The molecule has 0 aromatic carbocycles. The van der Waals surface area contributed by atoms with E-state index in [4.69, 9.17) is 28.4 Å². The number of ether oxygens (including phenoxy) is 6. The first-order valence-corrected chi connectivity index (χ1v) is 12.4. The van der Waals surface area contributed by atoms with Crippen LogP contribution >= 0.6 is 0 Å². The van der Waals surface area contributed by atoms with Crippen LogP contribution in [0.5, 0.6) is 0 Å². The molecular weight excluding hydrogens is 440 g/mol. The van der Waals surface area contributed by atoms with Crippen molar-refractivity contribution in [3.05, 3.63) is 0 Å². The first-order valence-electron chi connectivity index (χ1n) is 12.4. The molecule has 0 aliphatic carbocycles. The summed E-state index contributed by atoms with van der Waals surface area (Å²) in [6.45, 7) is 23.4. The number of esters is 2. The number of hydrogen-bond donors (Lipinski definition) is 0. The molecule has 8 heteroatoms. The predicted octanol–water partition coefficient (Wildman–Crippen LogP) is 4.56. The van der Waals surface area contributed by atoms with Crippen molar-refractivity contribution in [3.63, 3.8) is 0 Å². The molecule has 34 heavy (non-hydrogen) atoms. The molecule has 0 aromatic heterocycles. The van der Waals surface area contributed by atoms with Gasteiger partial charge in [0.2, 0.25) is 0 Å². The lowest BCUT2D eigenvalue weighted by Crippen LogP contribution is -2.42. The third-order valence-electron chi connectivity index (χ3n) is 5.25. The van der Waals surface area contributed by atoms with E-state index in [1.165, 1.54) is 0 Å². The van der Waals surface area contributed by atoms with Crippen molar-refractivity contribution in [2.45, 2.75) is 119 Å². The van der Waals surface area contributed by atoms with Crippen LogP contribution in [0.1, 0.15) is 83.1 Å². The topological polar surface area (TPSA) is 89.5 Å². The lowest BCUT2D eigenvalue weighted by molar-refractivity contribution is -0.185. The molecule has 0 saturated heterocycles. The average molecular weight is 491 g/mol. The van der Waals surface area contributed by atoms with Gasteiger partial charge in [-0.1, -0.05) is 20.8 Å². The molecule has 0 spiro atoms. The van der Waals surface area contributed by atoms with Gasteiger partial charge in [-0.15, -0.1) is 0 Å². The molecular formula is C26H50O8. The van der Waals surface area contributed by atoms with Gasteiger partial charge in [-0.3, -0.25) is 0 Å². The number of hydrogen-bond acceptors (Lipinski definition) is 8. The summed E-state index contributed by atoms with van der Waals surface area (Å²) in [6.07, 6.45) is -0.819. The Labute approximate surface area is 207 Å². The Kier molecular flexibility index (Phi) is 14.5. The van der Waals surface area contributed by atoms with E-state index < -0.39 is 23.1 Å². The van der Waals surface area contributed by atoms with Crippen LogP contribution in [-0.2, 0) is 38.0 Å². The van der Waals surface area contributed by atoms with Crippen LogP contribution in [-0.4, -0.2) is 74.0 Å². The molecule has 0 heterocycles. The fraction of sp³-hybridized carbons (Fsp3) is 0.923. The second kappa shape index (κ2) is 15.0. The average Bonchev–Trinajstić information content (AvgIpc) is 2.68. The Morgan fingerprint density at radius 3 is 1.41 bits per heavy atom. The molecule has 0 fully saturated rings. The zero-order valence-corrected chi connectivity index (χ0v) is 23.6. The van der Waals surface area contributed by atoms with Crippen LogP contribution in [0, 0.1) is 11.8 Å². The standard InChI is InChI=1S/C26H50O8/c1-17(2)19(5)13-30-23(27)25(9,10)33-21(7)14-29-15-22(8)34-26(11,12)24(28)31-16-20(6)32-18(3)4/h17-22H,13-16H2,1-12H3. The smallest absolute Gasteiger partial charge is 0.337 e. The zero-order chi connectivity index (χ0) is 26.7. The minimum absolute atomic E-state index is 0.0614. The van der Waals surface area contributed by atoms with E-state index >= 15 is 0 Å². The molecule has 8 nitrogen and oxygen atoms in total. The van der Waals surface area contributed by atoms with Gasteiger partial charge in [-0.25, -0.2) is 9.59 Å². The summed E-state index contributed by atoms with van der Waals surface area (Å²) < 4.78 is 33.8. The van der Waals surface area contributed by atoms with Crippen LogP contribution in [0.3, 0.4) is 0 Å². The molecule has 0 aliphatic rings. The Bertz CT molecular complexity index is 600. The summed E-state index contributed by atoms with van der Waals surface area (Å²) in [5, 5.41) is 0. The quantitative estimate of drug-likeness (QED) is 0.274. The van der Waals surface area contributed by atoms with Crippen molar-refractivity contribution in [2.24, 2.45) is 11.8 Å². The molecule has 0 N–H and O–H groups in total. The van der Waals surface area contributed by atoms with E-state index in [1.807, 2.05) is 41.5 Å². The second-order valence-corrected chi connectivity index (χ2v) is 10.8. The second-order valence-electron chi connectivity index (χ2n) is 10.8. The maximum atomic E-state index is 12.4. The van der Waals surface area contributed by atoms with Crippen molar-refractivity contribution >= 4 is 11.9 Å². The van der Waals surface area contributed by atoms with Gasteiger partial charge < -0.3 is 28.4 Å². The normalized spacial score (nSPS) is 16.3. The van der Waals surface area contributed by atoms with Gasteiger partial charge in [-0.2, -0.15) is 0 Å². The van der Waals surface area contributed by atoms with Crippen molar-refractivity contribution in [2.75, 3.05) is 26.4 Å². The van der Waals surface area contributed by atoms with E-state index in [9.17, 15) is 9.59 Å². The van der Waals surface area contributed by atoms with Gasteiger partial charge in [0.05, 0.1) is 44.2 Å². The lowest BCUT2D eigenvalue weighted by Gasteiger charge is -2.29. The van der Waals surface area contributed by atoms with Gasteiger partial charge in [0, 0.05) is 0 Å². The summed E-state index contributed by atoms with van der Waals surface area (Å²) in [5.41, 5.74) is -2.20. The van der Waals surface area contributed by atoms with Crippen molar-refractivity contribution in [1.29, 1.82) is 0 Å². The Hall–Kier alpha value is -1.22. The molecule has 0 radical (unpaired) electrons. The molecule has 0 amide bonds. The summed E-state index contributed by atoms with van der Waals surface area (Å²) in [5.74, 6) is -0.137. The molecule has 4 unspecified atom stereocenters. The molecule has 0 aliphatic heterocycles. The Balaban J connectivity index is 4.40. The van der Waals surface area contributed by atoms with Gasteiger partial charge >= 0.3 is 11.9 Å². The molecule has 4 atom stereocenters. The molecule has 0 bridgehead atoms. The minimum atomic E-state index is -1.12. The maximum absolute atomic E-state index is 12.4. The highest BCUT2D eigenvalue weighted by Gasteiger charge is 2.34. The minimum Gasteiger partial charge on any atom is -0.463 e. The fourth-order valence-corrected chi connectivity index (χ4v) is 3.01. The van der Waals surface area contributed by atoms with E-state index in [-0.39, 0.29) is 50.2 Å². The monoisotopic (exact) mass is 490 g/mol. The molecule has 0 saturated carbocycles. The maximum Gasteiger partial charge on any atom is 0.337 e. The van der Waals surface area contributed by atoms with Gasteiger partial charge in [-0.05, 0) is 74.1 Å². The van der Waals surface area contributed by atoms with Gasteiger partial charge in [0.25, 0.3) is 0 Å². The van der Waals surface area contributed by atoms with Crippen LogP contribution < -0.4 is 0 Å². The summed E-state index contributed by atoms with van der Waals surface area (Å²) in [6, 6.07) is 0. The lowest BCUT2D eigenvalue weighted by atomic mass is 9.99. The van der Waals surface area contributed by atoms with Crippen LogP contribution in [0.25, 0.3) is 0 Å². The van der Waals surface area contributed by atoms with E-state index in [1.54, 1.807) is 27.7 Å². The SMILES string of the molecule is CC(C)OC(C)COC(=O)C(C)(C)OC(C)COCC(C)OC(C)(C)C(=O)OCC(C)C(C)C. The van der Waals surface area contributed by atoms with Crippen molar-refractivity contribution < 1.29 is 38.0 Å². The number of carbonyl (C=O) groups is 2. The van der Waals surface area contributed by atoms with Gasteiger partial charge in [0.1, 0.15) is 6.61 Å². The number of rotatable bonds is 17. The highest BCUT2D eigenvalue weighted by atomic mass is 16.6. The zero-order valence-electron chi connectivity index (χ0n) is 23.6. The summed E-state index contributed by atoms with van der Waals surface area (Å²) >= 11 is 0. The van der Waals surface area contributed by atoms with Gasteiger partial charge in [0.15, 0.2) is 11.2 Å². The van der Waals surface area contributed by atoms with Crippen LogP contribution in [0.2, 0.25) is 0 Å². The van der Waals surface area contributed by atoms with Crippen molar-refractivity contribution in [1.82, 2.24) is 0 Å². The first-order chi connectivity index (χ1) is 15.5. The Morgan fingerprint density at radius 2 is 1.03 bits per heavy atom. The summed E-state index contributed by atoms with van der Waals surface area (Å²) in [7, 11) is 0. The third kappa shape index (κ3) is 13.6. The summed E-state index contributed by atoms with van der Waals surface area (Å²) in [4.78, 5) is 24.8. The predicted molar refractivity (Wildman–Crippen MR) is 132 cm³/mol. The molecule has 0 aromatic rings. The van der Waals surface area contributed by atoms with E-state index in [2.05, 4.69) is 13.8 Å². The van der Waals surface area contributed by atoms with Crippen LogP contribution in [0.15, 0.2) is 0 Å². The largest absolute Gasteiger partial charge is 0.463 e. The van der Waals surface area contributed by atoms with E-state index in [0.29, 0.717) is 12.5 Å². The first kappa shape index (κ1) is 32.8. The van der Waals surface area contributed by atoms with E-state index in [0.717, 1.165) is 0 Å². The highest BCUT2D eigenvalue weighted by molar-refractivity contribution is 5.79. The third-order valence-corrected chi connectivity index (χ3v) is 5.25. The molecule has 0 rings (SSSR count). The fourth-order valence-electron chi connectivity index (χ4n) is 3.01. The Morgan fingerprint density at radius 1 is 0.618 bits per heavy atom. The van der Waals surface area contributed by atoms with Crippen molar-refractivity contribution in [3.8, 4) is 0 Å². The number of carbonyl (C=O) groups excluding carboxylic acids is 2. The van der Waals surface area contributed by atoms with Crippen LogP contribution in [0.4, 0.5) is 0 Å². The molecule has 202 valence electrons. The highest BCUT2D eigenvalue weighted by Crippen LogP contribution is 2.18.